The Hall–Kier alpha value is -1.70. The van der Waals surface area contributed by atoms with E-state index in [-0.39, 0.29) is 12.3 Å². The second kappa shape index (κ2) is 5.97. The molecular formula is C14H19N3O4. The molecule has 7 nitrogen and oxygen atoms in total. The molecule has 0 bridgehead atoms. The van der Waals surface area contributed by atoms with Crippen LogP contribution in [0.15, 0.2) is 18.2 Å². The molecule has 2 heterocycles. The quantitative estimate of drug-likeness (QED) is 0.650. The molecule has 7 heteroatoms. The van der Waals surface area contributed by atoms with Crippen LogP contribution in [0.1, 0.15) is 5.56 Å². The molecule has 2 saturated heterocycles. The van der Waals surface area contributed by atoms with Gasteiger partial charge < -0.3 is 14.7 Å². The van der Waals surface area contributed by atoms with Crippen molar-refractivity contribution in [2.45, 2.75) is 12.6 Å². The monoisotopic (exact) mass is 293 g/mol. The van der Waals surface area contributed by atoms with Crippen LogP contribution in [-0.4, -0.2) is 60.4 Å². The highest BCUT2D eigenvalue weighted by Gasteiger charge is 2.30. The molecule has 1 N–H and O–H groups in total. The molecule has 1 atom stereocenters. The first-order valence-electron chi connectivity index (χ1n) is 7.14. The number of hydrogen-bond donors (Lipinski definition) is 1. The topological polar surface area (TPSA) is 79.1 Å². The summed E-state index contributed by atoms with van der Waals surface area (Å²) in [5, 5.41) is 20.3. The number of aliphatic hydroxyl groups is 1. The Labute approximate surface area is 122 Å². The fourth-order valence-corrected chi connectivity index (χ4v) is 3.09. The highest BCUT2D eigenvalue weighted by molar-refractivity contribution is 5.58. The molecule has 2 aliphatic heterocycles. The first-order chi connectivity index (χ1) is 10.2. The van der Waals surface area contributed by atoms with E-state index >= 15 is 0 Å². The van der Waals surface area contributed by atoms with Crippen molar-refractivity contribution < 1.29 is 14.8 Å². The molecular weight excluding hydrogens is 274 g/mol. The van der Waals surface area contributed by atoms with E-state index in [1.165, 1.54) is 12.1 Å². The normalized spacial score (nSPS) is 22.9. The lowest BCUT2D eigenvalue weighted by molar-refractivity contribution is -0.384. The minimum Gasteiger partial charge on any atom is -0.392 e. The van der Waals surface area contributed by atoms with Gasteiger partial charge in [-0.2, -0.15) is 0 Å². The second-order valence-corrected chi connectivity index (χ2v) is 5.44. The van der Waals surface area contributed by atoms with Gasteiger partial charge in [0.25, 0.3) is 5.69 Å². The number of hydrogen-bond acceptors (Lipinski definition) is 6. The average Bonchev–Trinajstić information content (AvgIpc) is 2.53. The maximum absolute atomic E-state index is 10.8. The maximum Gasteiger partial charge on any atom is 0.269 e. The molecule has 0 saturated carbocycles. The van der Waals surface area contributed by atoms with Crippen LogP contribution in [0.25, 0.3) is 0 Å². The summed E-state index contributed by atoms with van der Waals surface area (Å²) in [7, 11) is 0. The Morgan fingerprint density at radius 1 is 1.38 bits per heavy atom. The number of morpholine rings is 1. The van der Waals surface area contributed by atoms with Gasteiger partial charge in [-0.25, -0.2) is 0 Å². The third-order valence-electron chi connectivity index (χ3n) is 4.22. The number of nitrogens with zero attached hydrogens (tertiary/aromatic N) is 3. The minimum atomic E-state index is -0.435. The zero-order valence-corrected chi connectivity index (χ0v) is 11.8. The molecule has 0 unspecified atom stereocenters. The number of fused-ring (bicyclic) bond motifs is 1. The van der Waals surface area contributed by atoms with Crippen molar-refractivity contribution in [2.75, 3.05) is 44.3 Å². The van der Waals surface area contributed by atoms with E-state index in [0.29, 0.717) is 11.6 Å². The van der Waals surface area contributed by atoms with Crippen molar-refractivity contribution in [1.29, 1.82) is 0 Å². The smallest absolute Gasteiger partial charge is 0.269 e. The molecule has 1 aromatic rings. The summed E-state index contributed by atoms with van der Waals surface area (Å²) in [5.74, 6) is 0. The summed E-state index contributed by atoms with van der Waals surface area (Å²) in [6.45, 7) is 4.92. The molecule has 0 aliphatic carbocycles. The van der Waals surface area contributed by atoms with Crippen molar-refractivity contribution in [2.24, 2.45) is 0 Å². The number of piperazine rings is 1. The van der Waals surface area contributed by atoms with Crippen molar-refractivity contribution in [3.05, 3.63) is 33.9 Å². The van der Waals surface area contributed by atoms with Gasteiger partial charge in [0, 0.05) is 49.6 Å². The summed E-state index contributed by atoms with van der Waals surface area (Å²) >= 11 is 0. The van der Waals surface area contributed by atoms with Gasteiger partial charge in [-0.3, -0.25) is 15.0 Å². The van der Waals surface area contributed by atoms with E-state index < -0.39 is 4.92 Å². The molecule has 0 amide bonds. The van der Waals surface area contributed by atoms with Gasteiger partial charge in [-0.05, 0) is 6.07 Å². The number of aliphatic hydroxyl groups excluding tert-OH is 1. The maximum atomic E-state index is 10.8. The highest BCUT2D eigenvalue weighted by Crippen LogP contribution is 2.28. The van der Waals surface area contributed by atoms with E-state index in [4.69, 9.17) is 4.74 Å². The van der Waals surface area contributed by atoms with Gasteiger partial charge in [-0.1, -0.05) is 0 Å². The zero-order chi connectivity index (χ0) is 14.8. The van der Waals surface area contributed by atoms with Crippen LogP contribution in [0.3, 0.4) is 0 Å². The Morgan fingerprint density at radius 3 is 3.00 bits per heavy atom. The molecule has 0 radical (unpaired) electrons. The largest absolute Gasteiger partial charge is 0.392 e. The van der Waals surface area contributed by atoms with Gasteiger partial charge in [0.05, 0.1) is 30.8 Å². The standard InChI is InChI=1S/C14H19N3O4/c18-9-11-7-12(17(19)20)1-2-14(11)16-4-3-15-5-6-21-10-13(15)8-16/h1-2,7,13,18H,3-6,8-10H2/t13-/m0/s1. The van der Waals surface area contributed by atoms with Gasteiger partial charge >= 0.3 is 0 Å². The first kappa shape index (κ1) is 14.2. The number of non-ortho nitro benzene ring substituents is 1. The number of benzene rings is 1. The average molecular weight is 293 g/mol. The molecule has 3 rings (SSSR count). The Balaban J connectivity index is 1.81. The van der Waals surface area contributed by atoms with Crippen LogP contribution in [-0.2, 0) is 11.3 Å². The van der Waals surface area contributed by atoms with E-state index in [0.717, 1.165) is 45.1 Å². The van der Waals surface area contributed by atoms with Crippen molar-refractivity contribution in [1.82, 2.24) is 4.90 Å². The molecule has 2 fully saturated rings. The van der Waals surface area contributed by atoms with Crippen LogP contribution < -0.4 is 4.90 Å². The highest BCUT2D eigenvalue weighted by atomic mass is 16.6. The number of ether oxygens (including phenoxy) is 1. The van der Waals surface area contributed by atoms with Crippen molar-refractivity contribution >= 4 is 11.4 Å². The predicted octanol–water partition coefficient (Wildman–Crippen LogP) is 0.608. The Kier molecular flexibility index (Phi) is 4.05. The molecule has 1 aromatic carbocycles. The third kappa shape index (κ3) is 2.85. The summed E-state index contributed by atoms with van der Waals surface area (Å²) in [5.41, 5.74) is 1.50. The molecule has 0 aromatic heterocycles. The van der Waals surface area contributed by atoms with Gasteiger partial charge in [0.2, 0.25) is 0 Å². The Bertz CT molecular complexity index is 537. The summed E-state index contributed by atoms with van der Waals surface area (Å²) in [4.78, 5) is 15.0. The van der Waals surface area contributed by atoms with Crippen molar-refractivity contribution in [3.63, 3.8) is 0 Å². The van der Waals surface area contributed by atoms with E-state index in [1.807, 2.05) is 0 Å². The number of nitro benzene ring substituents is 1. The second-order valence-electron chi connectivity index (χ2n) is 5.44. The van der Waals surface area contributed by atoms with E-state index in [2.05, 4.69) is 9.80 Å². The molecule has 114 valence electrons. The summed E-state index contributed by atoms with van der Waals surface area (Å²) in [6, 6.07) is 5.05. The van der Waals surface area contributed by atoms with Gasteiger partial charge in [0.1, 0.15) is 0 Å². The minimum absolute atomic E-state index is 0.0161. The summed E-state index contributed by atoms with van der Waals surface area (Å²) < 4.78 is 5.52. The number of rotatable bonds is 3. The van der Waals surface area contributed by atoms with E-state index in [1.54, 1.807) is 6.07 Å². The number of anilines is 1. The lowest BCUT2D eigenvalue weighted by Crippen LogP contribution is -2.58. The van der Waals surface area contributed by atoms with Gasteiger partial charge in [-0.15, -0.1) is 0 Å². The SMILES string of the molecule is O=[N+]([O-])c1ccc(N2CCN3CCOC[C@@H]3C2)c(CO)c1. The van der Waals surface area contributed by atoms with E-state index in [9.17, 15) is 15.2 Å². The molecule has 0 spiro atoms. The molecule has 2 aliphatic rings. The lowest BCUT2D eigenvalue weighted by Gasteiger charge is -2.44. The third-order valence-corrected chi connectivity index (χ3v) is 4.22. The zero-order valence-electron chi connectivity index (χ0n) is 11.8. The first-order valence-corrected chi connectivity index (χ1v) is 7.14. The fraction of sp³-hybridized carbons (Fsp3) is 0.571. The number of nitro groups is 1. The molecule has 21 heavy (non-hydrogen) atoms. The Morgan fingerprint density at radius 2 is 2.24 bits per heavy atom. The van der Waals surface area contributed by atoms with Crippen molar-refractivity contribution in [3.8, 4) is 0 Å². The predicted molar refractivity (Wildman–Crippen MR) is 77.4 cm³/mol. The fourth-order valence-electron chi connectivity index (χ4n) is 3.09. The lowest BCUT2D eigenvalue weighted by atomic mass is 10.1. The van der Waals surface area contributed by atoms with Crippen LogP contribution in [0.4, 0.5) is 11.4 Å². The van der Waals surface area contributed by atoms with Crippen LogP contribution in [0.2, 0.25) is 0 Å². The van der Waals surface area contributed by atoms with Crippen LogP contribution in [0, 0.1) is 10.1 Å². The van der Waals surface area contributed by atoms with Crippen LogP contribution in [0.5, 0.6) is 0 Å². The van der Waals surface area contributed by atoms with Gasteiger partial charge in [0.15, 0.2) is 0 Å². The summed E-state index contributed by atoms with van der Waals surface area (Å²) in [6.07, 6.45) is 0. The van der Waals surface area contributed by atoms with Crippen LogP contribution >= 0.6 is 0 Å².